The van der Waals surface area contributed by atoms with Crippen LogP contribution in [0.4, 0.5) is 4.39 Å². The number of phenolic OH excluding ortho intramolecular Hbond substituents is 1. The van der Waals surface area contributed by atoms with Gasteiger partial charge in [-0.2, -0.15) is 5.10 Å². The Morgan fingerprint density at radius 3 is 3.00 bits per heavy atom. The molecule has 0 aliphatic rings. The number of aromatic nitrogens is 3. The molecule has 0 unspecified atom stereocenters. The molecule has 3 aromatic rings. The van der Waals surface area contributed by atoms with Crippen molar-refractivity contribution in [2.75, 3.05) is 0 Å². The van der Waals surface area contributed by atoms with Crippen LogP contribution in [0.1, 0.15) is 15.9 Å². The van der Waals surface area contributed by atoms with E-state index >= 15 is 0 Å². The molecule has 0 amide bonds. The standard InChI is InChI=1S/C13H8FN3O2/c14-9-1-2-11(18)10(5-9)13(19)8-6-15-12-3-4-16-17(12)7-8/h1-7,18H. The number of halogens is 1. The number of carbonyl (C=O) groups excluding carboxylic acids is 1. The summed E-state index contributed by atoms with van der Waals surface area (Å²) < 4.78 is 14.6. The average molecular weight is 257 g/mol. The summed E-state index contributed by atoms with van der Waals surface area (Å²) in [7, 11) is 0. The first-order valence-corrected chi connectivity index (χ1v) is 5.48. The number of benzene rings is 1. The van der Waals surface area contributed by atoms with E-state index in [0.717, 1.165) is 18.2 Å². The Bertz CT molecular complexity index is 782. The average Bonchev–Trinajstić information content (AvgIpc) is 2.88. The van der Waals surface area contributed by atoms with Crippen molar-refractivity contribution >= 4 is 11.4 Å². The number of hydrogen-bond donors (Lipinski definition) is 1. The lowest BCUT2D eigenvalue weighted by atomic mass is 10.1. The van der Waals surface area contributed by atoms with Crippen LogP contribution in [0.3, 0.4) is 0 Å². The van der Waals surface area contributed by atoms with Gasteiger partial charge in [-0.1, -0.05) is 0 Å². The van der Waals surface area contributed by atoms with Crippen molar-refractivity contribution in [1.29, 1.82) is 0 Å². The van der Waals surface area contributed by atoms with Gasteiger partial charge in [-0.05, 0) is 18.2 Å². The molecule has 2 aromatic heterocycles. The predicted octanol–water partition coefficient (Wildman–Crippen LogP) is 1.81. The lowest BCUT2D eigenvalue weighted by molar-refractivity contribution is 0.103. The summed E-state index contributed by atoms with van der Waals surface area (Å²) in [6.45, 7) is 0. The second-order valence-corrected chi connectivity index (χ2v) is 3.97. The summed E-state index contributed by atoms with van der Waals surface area (Å²) in [6, 6.07) is 4.91. The molecule has 0 spiro atoms. The molecule has 0 atom stereocenters. The molecule has 1 N–H and O–H groups in total. The smallest absolute Gasteiger partial charge is 0.199 e. The Hall–Kier alpha value is -2.76. The van der Waals surface area contributed by atoms with Crippen LogP contribution in [-0.4, -0.2) is 25.5 Å². The molecular weight excluding hydrogens is 249 g/mol. The SMILES string of the molecule is O=C(c1cnc2ccnn2c1)c1cc(F)ccc1O. The van der Waals surface area contributed by atoms with Gasteiger partial charge in [-0.15, -0.1) is 0 Å². The Labute approximate surface area is 107 Å². The number of ketones is 1. The van der Waals surface area contributed by atoms with E-state index in [-0.39, 0.29) is 16.9 Å². The minimum Gasteiger partial charge on any atom is -0.507 e. The lowest BCUT2D eigenvalue weighted by Gasteiger charge is -2.04. The molecule has 5 nitrogen and oxygen atoms in total. The van der Waals surface area contributed by atoms with Gasteiger partial charge in [-0.25, -0.2) is 13.9 Å². The molecule has 6 heteroatoms. The molecule has 0 aliphatic carbocycles. The van der Waals surface area contributed by atoms with Gasteiger partial charge in [0.25, 0.3) is 0 Å². The topological polar surface area (TPSA) is 67.5 Å². The van der Waals surface area contributed by atoms with E-state index < -0.39 is 11.6 Å². The fraction of sp³-hybridized carbons (Fsp3) is 0. The van der Waals surface area contributed by atoms with E-state index in [0.29, 0.717) is 5.65 Å². The third kappa shape index (κ3) is 1.93. The van der Waals surface area contributed by atoms with Crippen molar-refractivity contribution < 1.29 is 14.3 Å². The molecule has 0 saturated carbocycles. The summed E-state index contributed by atoms with van der Waals surface area (Å²) in [5, 5.41) is 13.6. The second kappa shape index (κ2) is 4.16. The van der Waals surface area contributed by atoms with E-state index in [9.17, 15) is 14.3 Å². The Morgan fingerprint density at radius 2 is 2.16 bits per heavy atom. The van der Waals surface area contributed by atoms with Crippen molar-refractivity contribution in [2.24, 2.45) is 0 Å². The quantitative estimate of drug-likeness (QED) is 0.711. The zero-order valence-electron chi connectivity index (χ0n) is 9.62. The maximum atomic E-state index is 13.1. The summed E-state index contributed by atoms with van der Waals surface area (Å²) >= 11 is 0. The Balaban J connectivity index is 2.09. The van der Waals surface area contributed by atoms with Gasteiger partial charge in [0, 0.05) is 18.5 Å². The highest BCUT2D eigenvalue weighted by Crippen LogP contribution is 2.21. The second-order valence-electron chi connectivity index (χ2n) is 3.97. The van der Waals surface area contributed by atoms with Crippen LogP contribution in [0.2, 0.25) is 0 Å². The van der Waals surface area contributed by atoms with Gasteiger partial charge >= 0.3 is 0 Å². The molecule has 0 fully saturated rings. The zero-order chi connectivity index (χ0) is 13.4. The normalized spacial score (nSPS) is 10.8. The summed E-state index contributed by atoms with van der Waals surface area (Å²) in [5.74, 6) is -1.37. The number of fused-ring (bicyclic) bond motifs is 1. The molecular formula is C13H8FN3O2. The minimum absolute atomic E-state index is 0.103. The van der Waals surface area contributed by atoms with Crippen molar-refractivity contribution in [3.05, 3.63) is 59.8 Å². The van der Waals surface area contributed by atoms with Crippen LogP contribution in [0.5, 0.6) is 5.75 Å². The maximum Gasteiger partial charge on any atom is 0.199 e. The maximum absolute atomic E-state index is 13.1. The molecule has 0 aliphatic heterocycles. The van der Waals surface area contributed by atoms with E-state index in [1.807, 2.05) is 0 Å². The van der Waals surface area contributed by atoms with Crippen LogP contribution < -0.4 is 0 Å². The van der Waals surface area contributed by atoms with E-state index in [4.69, 9.17) is 0 Å². The van der Waals surface area contributed by atoms with Gasteiger partial charge in [0.15, 0.2) is 11.4 Å². The predicted molar refractivity (Wildman–Crippen MR) is 64.5 cm³/mol. The Kier molecular flexibility index (Phi) is 2.49. The van der Waals surface area contributed by atoms with Crippen LogP contribution >= 0.6 is 0 Å². The lowest BCUT2D eigenvalue weighted by Crippen LogP contribution is -2.05. The van der Waals surface area contributed by atoms with Crippen molar-refractivity contribution in [1.82, 2.24) is 14.6 Å². The third-order valence-corrected chi connectivity index (χ3v) is 2.71. The van der Waals surface area contributed by atoms with Gasteiger partial charge in [0.1, 0.15) is 11.6 Å². The highest BCUT2D eigenvalue weighted by Gasteiger charge is 2.15. The van der Waals surface area contributed by atoms with Gasteiger partial charge in [-0.3, -0.25) is 4.79 Å². The minimum atomic E-state index is -0.589. The van der Waals surface area contributed by atoms with Gasteiger partial charge < -0.3 is 5.11 Å². The number of hydrogen-bond acceptors (Lipinski definition) is 4. The molecule has 2 heterocycles. The number of carbonyl (C=O) groups is 1. The molecule has 0 radical (unpaired) electrons. The highest BCUT2D eigenvalue weighted by atomic mass is 19.1. The van der Waals surface area contributed by atoms with Crippen LogP contribution in [0, 0.1) is 5.82 Å². The first-order chi connectivity index (χ1) is 9.15. The molecule has 0 bridgehead atoms. The summed E-state index contributed by atoms with van der Waals surface area (Å²) in [6.07, 6.45) is 4.40. The molecule has 0 saturated heterocycles. The zero-order valence-corrected chi connectivity index (χ0v) is 9.62. The van der Waals surface area contributed by atoms with Crippen LogP contribution in [-0.2, 0) is 0 Å². The van der Waals surface area contributed by atoms with Crippen LogP contribution in [0.15, 0.2) is 42.9 Å². The fourth-order valence-corrected chi connectivity index (χ4v) is 1.77. The summed E-state index contributed by atoms with van der Waals surface area (Å²) in [4.78, 5) is 16.2. The monoisotopic (exact) mass is 257 g/mol. The molecule has 1 aromatic carbocycles. The number of rotatable bonds is 2. The van der Waals surface area contributed by atoms with Gasteiger partial charge in [0.2, 0.25) is 0 Å². The van der Waals surface area contributed by atoms with Crippen LogP contribution in [0.25, 0.3) is 5.65 Å². The van der Waals surface area contributed by atoms with E-state index in [1.54, 1.807) is 12.3 Å². The van der Waals surface area contributed by atoms with Crippen molar-refractivity contribution in [2.45, 2.75) is 0 Å². The third-order valence-electron chi connectivity index (χ3n) is 2.71. The molecule has 3 rings (SSSR count). The number of phenols is 1. The highest BCUT2D eigenvalue weighted by molar-refractivity contribution is 6.10. The first kappa shape index (κ1) is 11.3. The van der Waals surface area contributed by atoms with Gasteiger partial charge in [0.05, 0.1) is 17.3 Å². The fourth-order valence-electron chi connectivity index (χ4n) is 1.77. The molecule has 94 valence electrons. The van der Waals surface area contributed by atoms with E-state index in [2.05, 4.69) is 10.1 Å². The Morgan fingerprint density at radius 1 is 1.32 bits per heavy atom. The molecule has 19 heavy (non-hydrogen) atoms. The number of nitrogens with zero attached hydrogens (tertiary/aromatic N) is 3. The van der Waals surface area contributed by atoms with Crippen molar-refractivity contribution in [3.8, 4) is 5.75 Å². The van der Waals surface area contributed by atoms with E-state index in [1.165, 1.54) is 16.9 Å². The number of aromatic hydroxyl groups is 1. The summed E-state index contributed by atoms with van der Waals surface area (Å²) in [5.41, 5.74) is 0.713. The first-order valence-electron chi connectivity index (χ1n) is 5.48. The largest absolute Gasteiger partial charge is 0.507 e. The van der Waals surface area contributed by atoms with Crippen molar-refractivity contribution in [3.63, 3.8) is 0 Å².